The molecule has 0 aliphatic heterocycles. The first kappa shape index (κ1) is 24.4. The van der Waals surface area contributed by atoms with Crippen molar-refractivity contribution >= 4 is 11.9 Å². The van der Waals surface area contributed by atoms with Crippen molar-refractivity contribution in [1.82, 2.24) is 0 Å². The zero-order valence-corrected chi connectivity index (χ0v) is 18.8. The van der Waals surface area contributed by atoms with Gasteiger partial charge in [-0.25, -0.2) is 9.59 Å². The molecule has 0 saturated heterocycles. The highest BCUT2D eigenvalue weighted by molar-refractivity contribution is 5.93. The Bertz CT molecular complexity index is 602. The van der Waals surface area contributed by atoms with Gasteiger partial charge in [-0.15, -0.1) is 0 Å². The van der Waals surface area contributed by atoms with Crippen molar-refractivity contribution in [2.45, 2.75) is 109 Å². The first-order valence-electron chi connectivity index (χ1n) is 12.2. The number of unbranched alkanes of at least 4 members (excludes halogenated alkanes) is 9. The van der Waals surface area contributed by atoms with Crippen LogP contribution in [0.4, 0.5) is 0 Å². The number of carbonyl (C=O) groups excluding carboxylic acids is 2. The van der Waals surface area contributed by atoms with Gasteiger partial charge in [-0.2, -0.15) is 0 Å². The predicted octanol–water partition coefficient (Wildman–Crippen LogP) is 7.25. The van der Waals surface area contributed by atoms with Gasteiger partial charge in [0.15, 0.2) is 0 Å². The van der Waals surface area contributed by atoms with Gasteiger partial charge in [-0.1, -0.05) is 71.1 Å². The smallest absolute Gasteiger partial charge is 0.338 e. The molecule has 0 unspecified atom stereocenters. The third kappa shape index (κ3) is 9.77. The lowest BCUT2D eigenvalue weighted by Gasteiger charge is -2.21. The molecule has 0 bridgehead atoms. The molecular formula is C26H40O4. The lowest BCUT2D eigenvalue weighted by atomic mass is 9.98. The Hall–Kier alpha value is -1.84. The van der Waals surface area contributed by atoms with Crippen LogP contribution in [0.2, 0.25) is 0 Å². The lowest BCUT2D eigenvalue weighted by Crippen LogP contribution is -2.21. The molecular weight excluding hydrogens is 376 g/mol. The molecule has 0 radical (unpaired) electrons. The Morgan fingerprint density at radius 3 is 1.80 bits per heavy atom. The highest BCUT2D eigenvalue weighted by Gasteiger charge is 2.19. The van der Waals surface area contributed by atoms with Crippen LogP contribution < -0.4 is 0 Å². The van der Waals surface area contributed by atoms with E-state index in [4.69, 9.17) is 9.47 Å². The minimum Gasteiger partial charge on any atom is -0.462 e. The molecule has 2 rings (SSSR count). The average Bonchev–Trinajstić information content (AvgIpc) is 2.78. The SMILES string of the molecule is CCCCCCCCCCCCOC(=O)c1ccc(C(=O)OC2CCCCC2)cc1. The summed E-state index contributed by atoms with van der Waals surface area (Å²) in [7, 11) is 0. The zero-order valence-electron chi connectivity index (χ0n) is 18.8. The Labute approximate surface area is 182 Å². The zero-order chi connectivity index (χ0) is 21.4. The molecule has 0 aromatic heterocycles. The maximum absolute atomic E-state index is 12.2. The van der Waals surface area contributed by atoms with Crippen molar-refractivity contribution in [3.63, 3.8) is 0 Å². The van der Waals surface area contributed by atoms with Crippen LogP contribution in [-0.4, -0.2) is 24.6 Å². The van der Waals surface area contributed by atoms with E-state index in [0.29, 0.717) is 17.7 Å². The van der Waals surface area contributed by atoms with Crippen LogP contribution in [0.25, 0.3) is 0 Å². The predicted molar refractivity (Wildman–Crippen MR) is 121 cm³/mol. The maximum Gasteiger partial charge on any atom is 0.338 e. The van der Waals surface area contributed by atoms with Gasteiger partial charge in [0.25, 0.3) is 0 Å². The average molecular weight is 417 g/mol. The van der Waals surface area contributed by atoms with E-state index in [0.717, 1.165) is 38.5 Å². The summed E-state index contributed by atoms with van der Waals surface area (Å²) in [6.45, 7) is 2.71. The van der Waals surface area contributed by atoms with Gasteiger partial charge in [0.05, 0.1) is 17.7 Å². The van der Waals surface area contributed by atoms with Crippen molar-refractivity contribution in [1.29, 1.82) is 0 Å². The fourth-order valence-electron chi connectivity index (χ4n) is 3.98. The van der Waals surface area contributed by atoms with Gasteiger partial charge in [0.1, 0.15) is 6.10 Å². The molecule has 4 heteroatoms. The summed E-state index contributed by atoms with van der Waals surface area (Å²) in [5.41, 5.74) is 0.975. The van der Waals surface area contributed by atoms with Crippen LogP contribution in [0.1, 0.15) is 124 Å². The number of benzene rings is 1. The molecule has 0 atom stereocenters. The van der Waals surface area contributed by atoms with E-state index in [1.807, 2.05) is 0 Å². The fraction of sp³-hybridized carbons (Fsp3) is 0.692. The van der Waals surface area contributed by atoms with Crippen LogP contribution in [-0.2, 0) is 9.47 Å². The van der Waals surface area contributed by atoms with Crippen molar-refractivity contribution in [3.05, 3.63) is 35.4 Å². The fourth-order valence-corrected chi connectivity index (χ4v) is 3.98. The standard InChI is InChI=1S/C26H40O4/c1-2-3-4-5-6-7-8-9-10-14-21-29-25(27)22-17-19-23(20-18-22)26(28)30-24-15-12-11-13-16-24/h17-20,24H,2-16,21H2,1H3. The molecule has 1 aliphatic carbocycles. The molecule has 0 amide bonds. The van der Waals surface area contributed by atoms with Gasteiger partial charge in [0, 0.05) is 0 Å². The minimum absolute atomic E-state index is 0.0388. The summed E-state index contributed by atoms with van der Waals surface area (Å²) in [5, 5.41) is 0. The second kappa shape index (κ2) is 15.0. The Kier molecular flexibility index (Phi) is 12.2. The molecule has 1 aromatic rings. The topological polar surface area (TPSA) is 52.6 Å². The minimum atomic E-state index is -0.321. The van der Waals surface area contributed by atoms with E-state index in [1.54, 1.807) is 24.3 Å². The number of carbonyl (C=O) groups is 2. The van der Waals surface area contributed by atoms with Crippen LogP contribution in [0.5, 0.6) is 0 Å². The first-order chi connectivity index (χ1) is 14.7. The van der Waals surface area contributed by atoms with E-state index in [1.165, 1.54) is 57.8 Å². The van der Waals surface area contributed by atoms with Gasteiger partial charge in [-0.05, 0) is 56.4 Å². The number of hydrogen-bond acceptors (Lipinski definition) is 4. The molecule has 168 valence electrons. The Morgan fingerprint density at radius 2 is 1.23 bits per heavy atom. The third-order valence-electron chi connectivity index (χ3n) is 5.91. The van der Waals surface area contributed by atoms with Crippen LogP contribution in [0.3, 0.4) is 0 Å². The highest BCUT2D eigenvalue weighted by atomic mass is 16.5. The van der Waals surface area contributed by atoms with Gasteiger partial charge in [-0.3, -0.25) is 0 Å². The summed E-state index contributed by atoms with van der Waals surface area (Å²) >= 11 is 0. The van der Waals surface area contributed by atoms with Crippen LogP contribution >= 0.6 is 0 Å². The Morgan fingerprint density at radius 1 is 0.733 bits per heavy atom. The first-order valence-corrected chi connectivity index (χ1v) is 12.2. The largest absolute Gasteiger partial charge is 0.462 e. The molecule has 0 heterocycles. The lowest BCUT2D eigenvalue weighted by molar-refractivity contribution is 0.0210. The van der Waals surface area contributed by atoms with E-state index < -0.39 is 0 Å². The summed E-state index contributed by atoms with van der Waals surface area (Å²) in [6, 6.07) is 6.61. The number of ether oxygens (including phenoxy) is 2. The molecule has 0 N–H and O–H groups in total. The molecule has 1 aromatic carbocycles. The van der Waals surface area contributed by atoms with E-state index in [9.17, 15) is 9.59 Å². The van der Waals surface area contributed by atoms with Crippen molar-refractivity contribution in [3.8, 4) is 0 Å². The number of esters is 2. The molecule has 1 fully saturated rings. The van der Waals surface area contributed by atoms with Crippen LogP contribution in [0.15, 0.2) is 24.3 Å². The summed E-state index contributed by atoms with van der Waals surface area (Å²) < 4.78 is 10.9. The van der Waals surface area contributed by atoms with Crippen LogP contribution in [0, 0.1) is 0 Å². The van der Waals surface area contributed by atoms with Gasteiger partial charge >= 0.3 is 11.9 Å². The summed E-state index contributed by atoms with van der Waals surface area (Å²) in [4.78, 5) is 24.4. The van der Waals surface area contributed by atoms with Crippen molar-refractivity contribution in [2.75, 3.05) is 6.61 Å². The van der Waals surface area contributed by atoms with Gasteiger partial charge in [0.2, 0.25) is 0 Å². The van der Waals surface area contributed by atoms with Crippen molar-refractivity contribution < 1.29 is 19.1 Å². The number of hydrogen-bond donors (Lipinski definition) is 0. The molecule has 30 heavy (non-hydrogen) atoms. The maximum atomic E-state index is 12.2. The molecule has 1 saturated carbocycles. The van der Waals surface area contributed by atoms with E-state index >= 15 is 0 Å². The normalized spacial score (nSPS) is 14.4. The quantitative estimate of drug-likeness (QED) is 0.237. The third-order valence-corrected chi connectivity index (χ3v) is 5.91. The number of rotatable bonds is 14. The molecule has 1 aliphatic rings. The monoisotopic (exact) mass is 416 g/mol. The summed E-state index contributed by atoms with van der Waals surface area (Å²) in [6.07, 6.45) is 18.0. The Balaban J connectivity index is 1.55. The van der Waals surface area contributed by atoms with E-state index in [-0.39, 0.29) is 18.0 Å². The summed E-state index contributed by atoms with van der Waals surface area (Å²) in [5.74, 6) is -0.620. The second-order valence-electron chi connectivity index (χ2n) is 8.56. The van der Waals surface area contributed by atoms with Crippen molar-refractivity contribution in [2.24, 2.45) is 0 Å². The second-order valence-corrected chi connectivity index (χ2v) is 8.56. The van der Waals surface area contributed by atoms with Gasteiger partial charge < -0.3 is 9.47 Å². The highest BCUT2D eigenvalue weighted by Crippen LogP contribution is 2.21. The molecule has 0 spiro atoms. The molecule has 4 nitrogen and oxygen atoms in total. The van der Waals surface area contributed by atoms with E-state index in [2.05, 4.69) is 6.92 Å².